The molecule has 0 aromatic heterocycles. The van der Waals surface area contributed by atoms with Crippen LogP contribution in [0.25, 0.3) is 0 Å². The van der Waals surface area contributed by atoms with Gasteiger partial charge in [0.15, 0.2) is 6.10 Å². The molecule has 0 aliphatic heterocycles. The monoisotopic (exact) mass is 447 g/mol. The van der Waals surface area contributed by atoms with Gasteiger partial charge in [0, 0.05) is 11.3 Å². The average Bonchev–Trinajstić information content (AvgIpc) is 2.71. The van der Waals surface area contributed by atoms with Crippen LogP contribution in [0, 0.1) is 5.92 Å². The molecule has 0 fully saturated rings. The molecular weight excluding hydrogens is 422 g/mol. The molecule has 2 amide bonds. The summed E-state index contributed by atoms with van der Waals surface area (Å²) in [6, 6.07) is 12.7. The SMILES string of the molecule is CC(OC(=O)[C@@H](NC(=O)c1ccccc1)C(C)C)C(=O)Nc1ccc(S(N)(=O)=O)cc1. The van der Waals surface area contributed by atoms with E-state index < -0.39 is 40.0 Å². The number of hydrogen-bond donors (Lipinski definition) is 3. The Kier molecular flexibility index (Phi) is 7.89. The van der Waals surface area contributed by atoms with Crippen LogP contribution < -0.4 is 15.8 Å². The molecule has 31 heavy (non-hydrogen) atoms. The zero-order valence-electron chi connectivity index (χ0n) is 17.4. The van der Waals surface area contributed by atoms with Crippen LogP contribution >= 0.6 is 0 Å². The first-order chi connectivity index (χ1) is 14.5. The first kappa shape index (κ1) is 24.0. The lowest BCUT2D eigenvalue weighted by Crippen LogP contribution is -2.47. The standard InChI is InChI=1S/C21H25N3O6S/c1-13(2)18(24-20(26)15-7-5-4-6-8-15)21(27)30-14(3)19(25)23-16-9-11-17(12-10-16)31(22,28)29/h4-14,18H,1-3H3,(H,23,25)(H,24,26)(H2,22,28,29)/t14?,18-/m0/s1. The average molecular weight is 448 g/mol. The number of carbonyl (C=O) groups is 3. The van der Waals surface area contributed by atoms with Gasteiger partial charge in [0.05, 0.1) is 4.90 Å². The van der Waals surface area contributed by atoms with Crippen molar-refractivity contribution in [3.05, 3.63) is 60.2 Å². The highest BCUT2D eigenvalue weighted by Crippen LogP contribution is 2.14. The van der Waals surface area contributed by atoms with Crippen LogP contribution in [-0.2, 0) is 24.3 Å². The number of nitrogens with two attached hydrogens (primary N) is 1. The summed E-state index contributed by atoms with van der Waals surface area (Å²) in [5.41, 5.74) is 0.702. The molecule has 10 heteroatoms. The molecule has 0 radical (unpaired) electrons. The van der Waals surface area contributed by atoms with Crippen LogP contribution in [0.15, 0.2) is 59.5 Å². The van der Waals surface area contributed by atoms with Gasteiger partial charge in [0.1, 0.15) is 6.04 Å². The van der Waals surface area contributed by atoms with Gasteiger partial charge in [-0.2, -0.15) is 0 Å². The molecule has 0 saturated carbocycles. The molecule has 0 heterocycles. The highest BCUT2D eigenvalue weighted by Gasteiger charge is 2.29. The van der Waals surface area contributed by atoms with Crippen molar-refractivity contribution in [1.29, 1.82) is 0 Å². The van der Waals surface area contributed by atoms with Gasteiger partial charge in [0.25, 0.3) is 11.8 Å². The number of benzene rings is 2. The number of esters is 1. The summed E-state index contributed by atoms with van der Waals surface area (Å²) >= 11 is 0. The minimum absolute atomic E-state index is 0.0982. The summed E-state index contributed by atoms with van der Waals surface area (Å²) in [6.45, 7) is 4.88. The smallest absolute Gasteiger partial charge is 0.329 e. The molecule has 1 unspecified atom stereocenters. The van der Waals surface area contributed by atoms with E-state index in [-0.39, 0.29) is 10.8 Å². The Bertz CT molecular complexity index is 1040. The molecule has 2 rings (SSSR count). The Labute approximate surface area is 181 Å². The van der Waals surface area contributed by atoms with E-state index in [1.807, 2.05) is 0 Å². The van der Waals surface area contributed by atoms with Crippen molar-refractivity contribution in [2.75, 3.05) is 5.32 Å². The van der Waals surface area contributed by atoms with Gasteiger partial charge < -0.3 is 15.4 Å². The molecule has 2 aromatic carbocycles. The second-order valence-corrected chi connectivity index (χ2v) is 8.76. The number of anilines is 1. The second-order valence-electron chi connectivity index (χ2n) is 7.20. The van der Waals surface area contributed by atoms with Crippen LogP contribution in [0.2, 0.25) is 0 Å². The lowest BCUT2D eigenvalue weighted by molar-refractivity contribution is -0.156. The minimum Gasteiger partial charge on any atom is -0.451 e. The maximum atomic E-state index is 12.6. The Morgan fingerprint density at radius 2 is 1.52 bits per heavy atom. The topological polar surface area (TPSA) is 145 Å². The summed E-state index contributed by atoms with van der Waals surface area (Å²) in [7, 11) is -3.84. The van der Waals surface area contributed by atoms with E-state index in [4.69, 9.17) is 9.88 Å². The van der Waals surface area contributed by atoms with Crippen molar-refractivity contribution in [3.8, 4) is 0 Å². The van der Waals surface area contributed by atoms with Crippen LogP contribution in [0.3, 0.4) is 0 Å². The van der Waals surface area contributed by atoms with Gasteiger partial charge in [-0.25, -0.2) is 18.4 Å². The Morgan fingerprint density at radius 1 is 0.935 bits per heavy atom. The summed E-state index contributed by atoms with van der Waals surface area (Å²) in [5.74, 6) is -2.07. The van der Waals surface area contributed by atoms with Gasteiger partial charge in [-0.3, -0.25) is 9.59 Å². The van der Waals surface area contributed by atoms with Crippen molar-refractivity contribution in [1.82, 2.24) is 5.32 Å². The molecule has 0 spiro atoms. The van der Waals surface area contributed by atoms with Crippen molar-refractivity contribution >= 4 is 33.5 Å². The lowest BCUT2D eigenvalue weighted by Gasteiger charge is -2.23. The Balaban J connectivity index is 1.99. The summed E-state index contributed by atoms with van der Waals surface area (Å²) < 4.78 is 27.8. The number of ether oxygens (including phenoxy) is 1. The highest BCUT2D eigenvalue weighted by molar-refractivity contribution is 7.89. The van der Waals surface area contributed by atoms with E-state index in [1.54, 1.807) is 44.2 Å². The van der Waals surface area contributed by atoms with E-state index in [0.29, 0.717) is 11.3 Å². The Hall–Kier alpha value is -3.24. The number of sulfonamides is 1. The van der Waals surface area contributed by atoms with Crippen LogP contribution in [0.5, 0.6) is 0 Å². The van der Waals surface area contributed by atoms with Crippen molar-refractivity contribution < 1.29 is 27.5 Å². The molecule has 0 aliphatic carbocycles. The number of amides is 2. The molecular formula is C21H25N3O6S. The first-order valence-corrected chi connectivity index (χ1v) is 11.0. The normalized spacial score (nSPS) is 13.2. The third kappa shape index (κ3) is 6.90. The van der Waals surface area contributed by atoms with Crippen LogP contribution in [0.1, 0.15) is 31.1 Å². The van der Waals surface area contributed by atoms with E-state index in [2.05, 4.69) is 10.6 Å². The van der Waals surface area contributed by atoms with E-state index in [0.717, 1.165) is 0 Å². The van der Waals surface area contributed by atoms with E-state index in [9.17, 15) is 22.8 Å². The summed E-state index contributed by atoms with van der Waals surface area (Å²) in [5, 5.41) is 10.2. The largest absolute Gasteiger partial charge is 0.451 e. The molecule has 2 aromatic rings. The third-order valence-corrected chi connectivity index (χ3v) is 5.28. The third-order valence-electron chi connectivity index (χ3n) is 4.36. The first-order valence-electron chi connectivity index (χ1n) is 9.49. The zero-order chi connectivity index (χ0) is 23.2. The molecule has 0 saturated heterocycles. The summed E-state index contributed by atoms with van der Waals surface area (Å²) in [4.78, 5) is 37.2. The second kappa shape index (κ2) is 10.2. The molecule has 0 bridgehead atoms. The quantitative estimate of drug-likeness (QED) is 0.525. The number of hydrogen-bond acceptors (Lipinski definition) is 6. The zero-order valence-corrected chi connectivity index (χ0v) is 18.2. The van der Waals surface area contributed by atoms with Gasteiger partial charge in [-0.05, 0) is 49.2 Å². The molecule has 4 N–H and O–H groups in total. The lowest BCUT2D eigenvalue weighted by atomic mass is 10.0. The minimum atomic E-state index is -3.84. The van der Waals surface area contributed by atoms with E-state index in [1.165, 1.54) is 31.2 Å². The number of nitrogens with one attached hydrogen (secondary N) is 2. The predicted octanol–water partition coefficient (Wildman–Crippen LogP) is 1.66. The number of rotatable bonds is 8. The van der Waals surface area contributed by atoms with Gasteiger partial charge in [-0.15, -0.1) is 0 Å². The van der Waals surface area contributed by atoms with Crippen molar-refractivity contribution in [2.24, 2.45) is 11.1 Å². The predicted molar refractivity (Wildman–Crippen MR) is 115 cm³/mol. The van der Waals surface area contributed by atoms with Crippen LogP contribution in [-0.4, -0.2) is 38.3 Å². The molecule has 9 nitrogen and oxygen atoms in total. The van der Waals surface area contributed by atoms with E-state index >= 15 is 0 Å². The maximum absolute atomic E-state index is 12.6. The van der Waals surface area contributed by atoms with Gasteiger partial charge in [0.2, 0.25) is 10.0 Å². The van der Waals surface area contributed by atoms with Crippen molar-refractivity contribution in [3.63, 3.8) is 0 Å². The fourth-order valence-corrected chi connectivity index (χ4v) is 3.10. The fraction of sp³-hybridized carbons (Fsp3) is 0.286. The molecule has 2 atom stereocenters. The van der Waals surface area contributed by atoms with Gasteiger partial charge in [-0.1, -0.05) is 32.0 Å². The highest BCUT2D eigenvalue weighted by atomic mass is 32.2. The summed E-state index contributed by atoms with van der Waals surface area (Å²) in [6.07, 6.45) is -1.15. The Morgan fingerprint density at radius 3 is 2.03 bits per heavy atom. The maximum Gasteiger partial charge on any atom is 0.329 e. The fourth-order valence-electron chi connectivity index (χ4n) is 2.58. The van der Waals surface area contributed by atoms with Crippen LogP contribution in [0.4, 0.5) is 5.69 Å². The molecule has 0 aliphatic rings. The number of carbonyl (C=O) groups excluding carboxylic acids is 3. The number of primary sulfonamides is 1. The van der Waals surface area contributed by atoms with Gasteiger partial charge >= 0.3 is 5.97 Å². The van der Waals surface area contributed by atoms with Crippen molar-refractivity contribution in [2.45, 2.75) is 37.8 Å². The molecule has 166 valence electrons.